The molecular formula is C18H26ClNO. The van der Waals surface area contributed by atoms with Crippen molar-refractivity contribution in [2.75, 3.05) is 6.61 Å². The van der Waals surface area contributed by atoms with Crippen LogP contribution >= 0.6 is 11.6 Å². The van der Waals surface area contributed by atoms with E-state index >= 15 is 0 Å². The average Bonchev–Trinajstić information content (AvgIpc) is 2.94. The van der Waals surface area contributed by atoms with Crippen molar-refractivity contribution in [1.29, 1.82) is 0 Å². The average molecular weight is 308 g/mol. The SMILES string of the molecule is NC(CCC1CCCCC1)Cc1cc(Cl)cc2c1OCC2. The summed E-state index contributed by atoms with van der Waals surface area (Å²) >= 11 is 6.21. The van der Waals surface area contributed by atoms with Gasteiger partial charge in [-0.1, -0.05) is 43.7 Å². The molecule has 1 heterocycles. The molecule has 1 aromatic rings. The van der Waals surface area contributed by atoms with Gasteiger partial charge in [0.15, 0.2) is 0 Å². The van der Waals surface area contributed by atoms with Crippen molar-refractivity contribution < 1.29 is 4.74 Å². The zero-order valence-corrected chi connectivity index (χ0v) is 13.5. The molecule has 21 heavy (non-hydrogen) atoms. The molecule has 0 saturated heterocycles. The van der Waals surface area contributed by atoms with Crippen LogP contribution in [0.25, 0.3) is 0 Å². The summed E-state index contributed by atoms with van der Waals surface area (Å²) in [5.41, 5.74) is 8.82. The highest BCUT2D eigenvalue weighted by Crippen LogP contribution is 2.34. The van der Waals surface area contributed by atoms with Gasteiger partial charge in [0, 0.05) is 17.5 Å². The highest BCUT2D eigenvalue weighted by molar-refractivity contribution is 6.30. The van der Waals surface area contributed by atoms with Crippen molar-refractivity contribution >= 4 is 11.6 Å². The van der Waals surface area contributed by atoms with Crippen LogP contribution in [-0.2, 0) is 12.8 Å². The van der Waals surface area contributed by atoms with Crippen LogP contribution in [-0.4, -0.2) is 12.6 Å². The fourth-order valence-corrected chi connectivity index (χ4v) is 4.07. The van der Waals surface area contributed by atoms with Crippen molar-refractivity contribution in [3.05, 3.63) is 28.3 Å². The number of halogens is 1. The first-order valence-electron chi connectivity index (χ1n) is 8.42. The van der Waals surface area contributed by atoms with Gasteiger partial charge < -0.3 is 10.5 Å². The van der Waals surface area contributed by atoms with E-state index in [0.29, 0.717) is 0 Å². The Morgan fingerprint density at radius 3 is 2.86 bits per heavy atom. The zero-order valence-electron chi connectivity index (χ0n) is 12.7. The van der Waals surface area contributed by atoms with E-state index in [2.05, 4.69) is 0 Å². The molecule has 2 aliphatic rings. The number of rotatable bonds is 5. The molecule has 1 aromatic carbocycles. The van der Waals surface area contributed by atoms with Crippen molar-refractivity contribution in [3.63, 3.8) is 0 Å². The molecule has 0 amide bonds. The fraction of sp³-hybridized carbons (Fsp3) is 0.667. The maximum Gasteiger partial charge on any atom is 0.125 e. The van der Waals surface area contributed by atoms with Crippen LogP contribution in [0.1, 0.15) is 56.1 Å². The minimum atomic E-state index is 0.221. The Morgan fingerprint density at radius 2 is 2.05 bits per heavy atom. The van der Waals surface area contributed by atoms with Crippen LogP contribution in [0.2, 0.25) is 5.02 Å². The third-order valence-corrected chi connectivity index (χ3v) is 5.20. The molecular weight excluding hydrogens is 282 g/mol. The quantitative estimate of drug-likeness (QED) is 0.869. The van der Waals surface area contributed by atoms with Crippen LogP contribution < -0.4 is 10.5 Å². The molecule has 0 aromatic heterocycles. The van der Waals surface area contributed by atoms with Gasteiger partial charge >= 0.3 is 0 Å². The maximum absolute atomic E-state index is 6.37. The molecule has 1 fully saturated rings. The Kier molecular flexibility index (Phi) is 5.07. The van der Waals surface area contributed by atoms with Crippen molar-refractivity contribution in [2.45, 2.75) is 63.8 Å². The van der Waals surface area contributed by atoms with E-state index < -0.39 is 0 Å². The standard InChI is InChI=1S/C18H26ClNO/c19-16-10-14-8-9-21-18(14)15(11-16)12-17(20)7-6-13-4-2-1-3-5-13/h10-11,13,17H,1-9,12,20H2. The Labute approximate surface area is 133 Å². The van der Waals surface area contributed by atoms with Gasteiger partial charge in [-0.15, -0.1) is 0 Å². The topological polar surface area (TPSA) is 35.2 Å². The molecule has 0 spiro atoms. The predicted molar refractivity (Wildman–Crippen MR) is 88.1 cm³/mol. The normalized spacial score (nSPS) is 20.1. The van der Waals surface area contributed by atoms with Crippen LogP contribution in [0.3, 0.4) is 0 Å². The van der Waals surface area contributed by atoms with Gasteiger partial charge in [-0.3, -0.25) is 0 Å². The smallest absolute Gasteiger partial charge is 0.125 e. The van der Waals surface area contributed by atoms with E-state index in [1.807, 2.05) is 12.1 Å². The molecule has 1 aliphatic carbocycles. The molecule has 1 atom stereocenters. The van der Waals surface area contributed by atoms with Gasteiger partial charge in [-0.05, 0) is 48.4 Å². The van der Waals surface area contributed by atoms with E-state index in [1.54, 1.807) is 0 Å². The first kappa shape index (κ1) is 15.2. The Balaban J connectivity index is 1.56. The molecule has 0 bridgehead atoms. The molecule has 116 valence electrons. The summed E-state index contributed by atoms with van der Waals surface area (Å²) in [6, 6.07) is 4.28. The third kappa shape index (κ3) is 3.92. The largest absolute Gasteiger partial charge is 0.493 e. The van der Waals surface area contributed by atoms with Crippen LogP contribution in [0.4, 0.5) is 0 Å². The van der Waals surface area contributed by atoms with Gasteiger partial charge in [0.05, 0.1) is 6.61 Å². The third-order valence-electron chi connectivity index (χ3n) is 4.98. The molecule has 1 aliphatic heterocycles. The highest BCUT2D eigenvalue weighted by Gasteiger charge is 2.20. The first-order valence-corrected chi connectivity index (χ1v) is 8.80. The lowest BCUT2D eigenvalue weighted by molar-refractivity contribution is 0.321. The number of hydrogen-bond acceptors (Lipinski definition) is 2. The maximum atomic E-state index is 6.37. The highest BCUT2D eigenvalue weighted by atomic mass is 35.5. The molecule has 2 N–H and O–H groups in total. The second-order valence-corrected chi connectivity index (χ2v) is 7.13. The lowest BCUT2D eigenvalue weighted by atomic mass is 9.84. The number of benzene rings is 1. The lowest BCUT2D eigenvalue weighted by Crippen LogP contribution is -2.24. The van der Waals surface area contributed by atoms with Gasteiger partial charge in [0.1, 0.15) is 5.75 Å². The van der Waals surface area contributed by atoms with Gasteiger partial charge in [-0.25, -0.2) is 0 Å². The molecule has 3 rings (SSSR count). The minimum absolute atomic E-state index is 0.221. The van der Waals surface area contributed by atoms with Crippen molar-refractivity contribution in [2.24, 2.45) is 11.7 Å². The first-order chi connectivity index (χ1) is 10.2. The van der Waals surface area contributed by atoms with E-state index in [-0.39, 0.29) is 6.04 Å². The summed E-state index contributed by atoms with van der Waals surface area (Å²) in [5, 5.41) is 0.814. The van der Waals surface area contributed by atoms with Crippen LogP contribution in [0, 0.1) is 5.92 Å². The summed E-state index contributed by atoms with van der Waals surface area (Å²) in [6.45, 7) is 0.778. The summed E-state index contributed by atoms with van der Waals surface area (Å²) in [7, 11) is 0. The van der Waals surface area contributed by atoms with E-state index in [4.69, 9.17) is 22.1 Å². The summed E-state index contributed by atoms with van der Waals surface area (Å²) < 4.78 is 5.77. The summed E-state index contributed by atoms with van der Waals surface area (Å²) in [4.78, 5) is 0. The molecule has 3 heteroatoms. The second kappa shape index (κ2) is 7.02. The number of nitrogens with two attached hydrogens (primary N) is 1. The Hall–Kier alpha value is -0.730. The van der Waals surface area contributed by atoms with E-state index in [1.165, 1.54) is 49.7 Å². The van der Waals surface area contributed by atoms with Crippen molar-refractivity contribution in [3.8, 4) is 5.75 Å². The van der Waals surface area contributed by atoms with E-state index in [0.717, 1.165) is 42.6 Å². The van der Waals surface area contributed by atoms with Gasteiger partial charge in [-0.2, -0.15) is 0 Å². The summed E-state index contributed by atoms with van der Waals surface area (Å²) in [5.74, 6) is 1.96. The lowest BCUT2D eigenvalue weighted by Gasteiger charge is -2.23. The van der Waals surface area contributed by atoms with E-state index in [9.17, 15) is 0 Å². The second-order valence-electron chi connectivity index (χ2n) is 6.70. The fourth-order valence-electron chi connectivity index (χ4n) is 3.81. The Bertz CT molecular complexity index is 482. The van der Waals surface area contributed by atoms with Crippen LogP contribution in [0.15, 0.2) is 12.1 Å². The molecule has 1 saturated carbocycles. The van der Waals surface area contributed by atoms with Crippen LogP contribution in [0.5, 0.6) is 5.75 Å². The Morgan fingerprint density at radius 1 is 1.24 bits per heavy atom. The molecule has 1 unspecified atom stereocenters. The van der Waals surface area contributed by atoms with Gasteiger partial charge in [0.25, 0.3) is 0 Å². The number of hydrogen-bond donors (Lipinski definition) is 1. The summed E-state index contributed by atoms with van der Waals surface area (Å²) in [6.07, 6.45) is 11.3. The van der Waals surface area contributed by atoms with Crippen molar-refractivity contribution in [1.82, 2.24) is 0 Å². The monoisotopic (exact) mass is 307 g/mol. The number of fused-ring (bicyclic) bond motifs is 1. The number of ether oxygens (including phenoxy) is 1. The minimum Gasteiger partial charge on any atom is -0.493 e. The zero-order chi connectivity index (χ0) is 14.7. The van der Waals surface area contributed by atoms with Gasteiger partial charge in [0.2, 0.25) is 0 Å². The molecule has 0 radical (unpaired) electrons. The molecule has 2 nitrogen and oxygen atoms in total. The predicted octanol–water partition coefficient (Wildman–Crippen LogP) is 4.51.